The van der Waals surface area contributed by atoms with Crippen LogP contribution in [-0.2, 0) is 17.9 Å². The Morgan fingerprint density at radius 3 is 2.40 bits per heavy atom. The molecule has 0 nitrogen and oxygen atoms in total. The quantitative estimate of drug-likeness (QED) is 0.412. The molecule has 0 aromatic heterocycles. The molecule has 0 aromatic rings. The van der Waals surface area contributed by atoms with Crippen LogP contribution in [0.2, 0.25) is 0 Å². The summed E-state index contributed by atoms with van der Waals surface area (Å²) in [7, 11) is 0. The van der Waals surface area contributed by atoms with E-state index in [1.165, 1.54) is 0 Å². The monoisotopic (exact) mass is 157 g/mol. The van der Waals surface area contributed by atoms with Crippen molar-refractivity contribution in [3.8, 4) is 0 Å². The number of hydrogen-bond acceptors (Lipinski definition) is 0. The number of unbranched alkanes of at least 4 members (excludes halogenated alkanes) is 1. The molecule has 0 unspecified atom stereocenters. The molecule has 0 aliphatic carbocycles. The van der Waals surface area contributed by atoms with Gasteiger partial charge in [0.1, 0.15) is 0 Å². The van der Waals surface area contributed by atoms with Crippen LogP contribution in [0, 0.1) is 6.92 Å². The molecular formula is C4H7Ru. The Kier molecular flexibility index (Phi) is 4.94. The third-order valence-electron chi connectivity index (χ3n) is 0.306. The molecule has 0 spiro atoms. The zero-order valence-electron chi connectivity index (χ0n) is 3.05. The predicted molar refractivity (Wildman–Crippen MR) is 20.7 cm³/mol. The SMILES string of the molecule is [CH2-]CC[CH]=[Ru+]. The summed E-state index contributed by atoms with van der Waals surface area (Å²) in [4.78, 5) is 0. The molecule has 5 heavy (non-hydrogen) atoms. The van der Waals surface area contributed by atoms with Crippen LogP contribution >= 0.6 is 0 Å². The Hall–Kier alpha value is 0.493. The van der Waals surface area contributed by atoms with Crippen LogP contribution in [0.25, 0.3) is 0 Å². The van der Waals surface area contributed by atoms with Crippen molar-refractivity contribution in [3.05, 3.63) is 6.92 Å². The number of hydrogen-bond donors (Lipinski definition) is 0. The zero-order valence-corrected chi connectivity index (χ0v) is 4.79. The molecule has 0 amide bonds. The Labute approximate surface area is 42.8 Å². The number of rotatable bonds is 2. The molecule has 31 valence electrons. The van der Waals surface area contributed by atoms with E-state index < -0.39 is 0 Å². The summed E-state index contributed by atoms with van der Waals surface area (Å²) >= 11 is 2.46. The van der Waals surface area contributed by atoms with Gasteiger partial charge < -0.3 is 0 Å². The topological polar surface area (TPSA) is 0 Å². The van der Waals surface area contributed by atoms with Gasteiger partial charge in [0, 0.05) is 0 Å². The van der Waals surface area contributed by atoms with Crippen molar-refractivity contribution < 1.29 is 17.9 Å². The van der Waals surface area contributed by atoms with Crippen LogP contribution < -0.4 is 0 Å². The maximum absolute atomic E-state index is 3.63. The third kappa shape index (κ3) is 4.49. The van der Waals surface area contributed by atoms with Gasteiger partial charge in [0.15, 0.2) is 0 Å². The van der Waals surface area contributed by atoms with Crippen molar-refractivity contribution in [2.45, 2.75) is 12.8 Å². The summed E-state index contributed by atoms with van der Waals surface area (Å²) in [5.41, 5.74) is 0. The van der Waals surface area contributed by atoms with E-state index in [2.05, 4.69) is 24.8 Å². The molecule has 0 saturated heterocycles. The van der Waals surface area contributed by atoms with Crippen LogP contribution in [0.15, 0.2) is 0 Å². The fourth-order valence-electron chi connectivity index (χ4n) is 0.0722. The Bertz CT molecular complexity index is 24.8. The van der Waals surface area contributed by atoms with Gasteiger partial charge in [-0.05, 0) is 0 Å². The van der Waals surface area contributed by atoms with Crippen molar-refractivity contribution >= 4 is 4.61 Å². The van der Waals surface area contributed by atoms with Gasteiger partial charge in [-0.3, -0.25) is 0 Å². The second-order valence-corrected chi connectivity index (χ2v) is 1.50. The van der Waals surface area contributed by atoms with Crippen molar-refractivity contribution in [2.75, 3.05) is 0 Å². The zero-order chi connectivity index (χ0) is 4.12. The first-order valence-electron chi connectivity index (χ1n) is 1.61. The molecule has 0 N–H and O–H groups in total. The third-order valence-corrected chi connectivity index (χ3v) is 0.808. The van der Waals surface area contributed by atoms with Crippen molar-refractivity contribution in [2.24, 2.45) is 0 Å². The van der Waals surface area contributed by atoms with Gasteiger partial charge >= 0.3 is 42.2 Å². The summed E-state index contributed by atoms with van der Waals surface area (Å²) in [6, 6.07) is 0. The average Bonchev–Trinajstić information content (AvgIpc) is 1.41. The molecule has 0 fully saturated rings. The second-order valence-electron chi connectivity index (χ2n) is 0.787. The molecule has 0 heterocycles. The summed E-state index contributed by atoms with van der Waals surface area (Å²) in [6.07, 6.45) is 2.14. The van der Waals surface area contributed by atoms with Crippen molar-refractivity contribution in [1.29, 1.82) is 0 Å². The fraction of sp³-hybridized carbons (Fsp3) is 0.500. The first kappa shape index (κ1) is 5.49. The van der Waals surface area contributed by atoms with Gasteiger partial charge in [0.2, 0.25) is 0 Å². The average molecular weight is 156 g/mol. The molecule has 0 aliphatic rings. The standard InChI is InChI=1S/C4H7.Ru/c1-3-4-2;/h1H,2-4H2;/q-1;+1. The van der Waals surface area contributed by atoms with Gasteiger partial charge in [-0.2, -0.15) is 0 Å². The molecule has 0 aliphatic heterocycles. The second kappa shape index (κ2) is 4.49. The van der Waals surface area contributed by atoms with Gasteiger partial charge in [0.05, 0.1) is 0 Å². The van der Waals surface area contributed by atoms with E-state index in [-0.39, 0.29) is 0 Å². The van der Waals surface area contributed by atoms with Crippen LogP contribution in [0.5, 0.6) is 0 Å². The van der Waals surface area contributed by atoms with E-state index in [1.54, 1.807) is 0 Å². The normalized spacial score (nSPS) is 7.40. The minimum atomic E-state index is 1.02. The molecule has 0 bridgehead atoms. The van der Waals surface area contributed by atoms with Crippen LogP contribution in [0.3, 0.4) is 0 Å². The van der Waals surface area contributed by atoms with Crippen molar-refractivity contribution in [3.63, 3.8) is 0 Å². The van der Waals surface area contributed by atoms with Crippen LogP contribution in [-0.4, -0.2) is 4.61 Å². The van der Waals surface area contributed by atoms with E-state index in [4.69, 9.17) is 0 Å². The van der Waals surface area contributed by atoms with Gasteiger partial charge in [-0.15, -0.1) is 0 Å². The Morgan fingerprint density at radius 2 is 2.40 bits per heavy atom. The summed E-state index contributed by atoms with van der Waals surface area (Å²) < 4.78 is 2.05. The molecule has 0 saturated carbocycles. The maximum atomic E-state index is 3.63. The Balaban J connectivity index is 2.40. The van der Waals surface area contributed by atoms with E-state index in [1.807, 2.05) is 4.61 Å². The molecule has 0 rings (SSSR count). The fourth-order valence-corrected chi connectivity index (χ4v) is 0.427. The molecule has 0 atom stereocenters. The molecule has 0 radical (unpaired) electrons. The minimum absolute atomic E-state index is 1.02. The van der Waals surface area contributed by atoms with E-state index >= 15 is 0 Å². The van der Waals surface area contributed by atoms with Crippen LogP contribution in [0.4, 0.5) is 0 Å². The van der Waals surface area contributed by atoms with E-state index in [0.29, 0.717) is 0 Å². The Morgan fingerprint density at radius 1 is 1.80 bits per heavy atom. The van der Waals surface area contributed by atoms with Gasteiger partial charge in [0.25, 0.3) is 0 Å². The summed E-state index contributed by atoms with van der Waals surface area (Å²) in [6.45, 7) is 3.63. The van der Waals surface area contributed by atoms with Gasteiger partial charge in [-0.25, -0.2) is 0 Å². The van der Waals surface area contributed by atoms with E-state index in [9.17, 15) is 0 Å². The molecular weight excluding hydrogens is 149 g/mol. The predicted octanol–water partition coefficient (Wildman–Crippen LogP) is 0.950. The first-order valence-corrected chi connectivity index (χ1v) is 2.62. The molecule has 0 aromatic carbocycles. The van der Waals surface area contributed by atoms with Gasteiger partial charge in [-0.1, -0.05) is 0 Å². The summed E-state index contributed by atoms with van der Waals surface area (Å²) in [5, 5.41) is 0. The first-order chi connectivity index (χ1) is 2.41. The van der Waals surface area contributed by atoms with Crippen LogP contribution in [0.1, 0.15) is 12.8 Å². The summed E-state index contributed by atoms with van der Waals surface area (Å²) in [5.74, 6) is 0. The van der Waals surface area contributed by atoms with E-state index in [0.717, 1.165) is 12.8 Å². The van der Waals surface area contributed by atoms with Crippen molar-refractivity contribution in [1.82, 2.24) is 0 Å². The molecule has 1 heteroatoms.